The fourth-order valence-electron chi connectivity index (χ4n) is 8.58. The summed E-state index contributed by atoms with van der Waals surface area (Å²) < 4.78 is 68.1. The highest BCUT2D eigenvalue weighted by Gasteiger charge is 2.30. The Labute approximate surface area is 602 Å². The minimum Gasteiger partial charge on any atom is -0.462 e. The average Bonchev–Trinajstić information content (AvgIpc) is 0.985. The van der Waals surface area contributed by atoms with Crippen molar-refractivity contribution in [3.63, 3.8) is 0 Å². The van der Waals surface area contributed by atoms with Crippen molar-refractivity contribution in [3.8, 4) is 0 Å². The van der Waals surface area contributed by atoms with E-state index in [9.17, 15) is 43.2 Å². The first-order valence-electron chi connectivity index (χ1n) is 36.7. The first-order valence-corrected chi connectivity index (χ1v) is 39.7. The number of phosphoric acid groups is 2. The third-order valence-corrected chi connectivity index (χ3v) is 16.0. The number of carbonyl (C=O) groups is 4. The van der Waals surface area contributed by atoms with Gasteiger partial charge in [-0.1, -0.05) is 254 Å². The zero-order chi connectivity index (χ0) is 73.2. The maximum absolute atomic E-state index is 13.1. The molecular formula is C81H126O17P2. The second-order valence-electron chi connectivity index (χ2n) is 23.4. The van der Waals surface area contributed by atoms with E-state index < -0.39 is 97.5 Å². The van der Waals surface area contributed by atoms with E-state index >= 15 is 0 Å². The third kappa shape index (κ3) is 70.3. The molecule has 0 bridgehead atoms. The smallest absolute Gasteiger partial charge is 0.462 e. The van der Waals surface area contributed by atoms with E-state index in [1.54, 1.807) is 12.2 Å². The SMILES string of the molecule is CC/C=C\C/C=C\C/C=C\C/C=C\C/C=C\C/C=C\CCC(=O)OCC(COP(=O)(O)OCC(O)COP(=O)(O)OCC(COC(=O)CCCC/C=C\C/C=C\C/C=C\C/C=C\CC)OC(=O)CCCCCCC/C=C\CCCC)OC(=O)C/C=C\C/C=C\C/C=C\C/C=C\C/C=C\CC. The van der Waals surface area contributed by atoms with Crippen LogP contribution in [0.25, 0.3) is 0 Å². The van der Waals surface area contributed by atoms with Crippen LogP contribution in [0.2, 0.25) is 0 Å². The van der Waals surface area contributed by atoms with Crippen molar-refractivity contribution in [1.29, 1.82) is 0 Å². The molecule has 0 aromatic heterocycles. The van der Waals surface area contributed by atoms with Gasteiger partial charge in [0.15, 0.2) is 12.2 Å². The summed E-state index contributed by atoms with van der Waals surface area (Å²) in [5, 5.41) is 10.6. The third-order valence-electron chi connectivity index (χ3n) is 14.1. The number of hydrogen-bond acceptors (Lipinski definition) is 15. The molecule has 17 nitrogen and oxygen atoms in total. The molecule has 5 atom stereocenters. The van der Waals surface area contributed by atoms with Crippen LogP contribution in [-0.2, 0) is 65.4 Å². The number of hydrogen-bond donors (Lipinski definition) is 3. The highest BCUT2D eigenvalue weighted by Crippen LogP contribution is 2.45. The molecule has 0 heterocycles. The van der Waals surface area contributed by atoms with E-state index in [0.29, 0.717) is 32.1 Å². The van der Waals surface area contributed by atoms with E-state index in [-0.39, 0.29) is 25.7 Å². The number of esters is 4. The Morgan fingerprint density at radius 1 is 0.300 bits per heavy atom. The molecule has 5 unspecified atom stereocenters. The van der Waals surface area contributed by atoms with Crippen molar-refractivity contribution < 1.29 is 80.2 Å². The van der Waals surface area contributed by atoms with Gasteiger partial charge in [-0.15, -0.1) is 0 Å². The van der Waals surface area contributed by atoms with Gasteiger partial charge in [-0.3, -0.25) is 37.3 Å². The molecule has 562 valence electrons. The van der Waals surface area contributed by atoms with Gasteiger partial charge in [0.1, 0.15) is 19.3 Å². The number of ether oxygens (including phenoxy) is 4. The minimum atomic E-state index is -5.03. The fraction of sp³-hybridized carbons (Fsp3) is 0.556. The van der Waals surface area contributed by atoms with Crippen LogP contribution >= 0.6 is 15.6 Å². The summed E-state index contributed by atoms with van der Waals surface area (Å²) >= 11 is 0. The van der Waals surface area contributed by atoms with Crippen molar-refractivity contribution in [3.05, 3.63) is 194 Å². The first kappa shape index (κ1) is 93.9. The van der Waals surface area contributed by atoms with Crippen molar-refractivity contribution in [2.45, 2.75) is 251 Å². The van der Waals surface area contributed by atoms with Crippen LogP contribution in [0.4, 0.5) is 0 Å². The summed E-state index contributed by atoms with van der Waals surface area (Å²) in [4.78, 5) is 72.6. The summed E-state index contributed by atoms with van der Waals surface area (Å²) in [6.45, 7) is 4.16. The Balaban J connectivity index is 5.53. The van der Waals surface area contributed by atoms with E-state index in [0.717, 1.165) is 141 Å². The van der Waals surface area contributed by atoms with Crippen molar-refractivity contribution in [2.75, 3.05) is 39.6 Å². The Morgan fingerprint density at radius 3 is 0.980 bits per heavy atom. The largest absolute Gasteiger partial charge is 0.472 e. The van der Waals surface area contributed by atoms with Gasteiger partial charge in [-0.25, -0.2) is 9.13 Å². The number of aliphatic hydroxyl groups is 1. The van der Waals surface area contributed by atoms with Crippen molar-refractivity contribution in [2.24, 2.45) is 0 Å². The molecule has 0 aromatic rings. The lowest BCUT2D eigenvalue weighted by atomic mass is 10.1. The van der Waals surface area contributed by atoms with E-state index in [1.165, 1.54) is 6.42 Å². The van der Waals surface area contributed by atoms with Gasteiger partial charge >= 0.3 is 39.5 Å². The predicted molar refractivity (Wildman–Crippen MR) is 408 cm³/mol. The first-order chi connectivity index (χ1) is 48.7. The Bertz CT molecular complexity index is 2670. The Kier molecular flexibility index (Phi) is 67.0. The molecule has 0 aliphatic rings. The number of aliphatic hydroxyl groups excluding tert-OH is 1. The van der Waals surface area contributed by atoms with Gasteiger partial charge in [0.25, 0.3) is 0 Å². The summed E-state index contributed by atoms with van der Waals surface area (Å²) in [7, 11) is -10.0. The van der Waals surface area contributed by atoms with Gasteiger partial charge < -0.3 is 33.8 Å². The second kappa shape index (κ2) is 71.3. The van der Waals surface area contributed by atoms with Gasteiger partial charge in [-0.05, 0) is 148 Å². The number of rotatable bonds is 66. The zero-order valence-corrected chi connectivity index (χ0v) is 62.8. The molecule has 0 rings (SSSR count). The molecular weight excluding hydrogens is 1310 g/mol. The van der Waals surface area contributed by atoms with Crippen LogP contribution in [0.1, 0.15) is 233 Å². The molecule has 0 aromatic carbocycles. The molecule has 0 aliphatic heterocycles. The normalized spacial score (nSPS) is 15.1. The molecule has 0 amide bonds. The van der Waals surface area contributed by atoms with Crippen LogP contribution in [0.3, 0.4) is 0 Å². The maximum atomic E-state index is 13.1. The Hall–Kier alpha value is -6.10. The Morgan fingerprint density at radius 2 is 0.580 bits per heavy atom. The quantitative estimate of drug-likeness (QED) is 0.0169. The van der Waals surface area contributed by atoms with Crippen molar-refractivity contribution in [1.82, 2.24) is 0 Å². The van der Waals surface area contributed by atoms with Gasteiger partial charge in [0.05, 0.1) is 32.8 Å². The lowest BCUT2D eigenvalue weighted by molar-refractivity contribution is -0.161. The second-order valence-corrected chi connectivity index (χ2v) is 26.3. The van der Waals surface area contributed by atoms with Crippen LogP contribution in [0.15, 0.2) is 194 Å². The number of phosphoric ester groups is 2. The van der Waals surface area contributed by atoms with Crippen LogP contribution in [-0.4, -0.2) is 96.7 Å². The molecule has 0 fully saturated rings. The summed E-state index contributed by atoms with van der Waals surface area (Å²) in [6.07, 6.45) is 86.4. The fourth-order valence-corrected chi connectivity index (χ4v) is 10.2. The highest BCUT2D eigenvalue weighted by atomic mass is 31.2. The maximum Gasteiger partial charge on any atom is 0.472 e. The molecule has 0 radical (unpaired) electrons. The van der Waals surface area contributed by atoms with Crippen LogP contribution in [0.5, 0.6) is 0 Å². The molecule has 3 N–H and O–H groups in total. The average molecular weight is 1430 g/mol. The number of allylic oxidation sites excluding steroid dienone is 31. The topological polar surface area (TPSA) is 237 Å². The van der Waals surface area contributed by atoms with Gasteiger partial charge in [-0.2, -0.15) is 0 Å². The van der Waals surface area contributed by atoms with E-state index in [4.69, 9.17) is 37.0 Å². The number of unbranched alkanes of at least 4 members (excludes halogenated alkanes) is 9. The van der Waals surface area contributed by atoms with Crippen molar-refractivity contribution >= 4 is 39.5 Å². The van der Waals surface area contributed by atoms with Crippen LogP contribution in [0, 0.1) is 0 Å². The molecule has 0 saturated heterocycles. The molecule has 0 spiro atoms. The zero-order valence-electron chi connectivity index (χ0n) is 61.0. The molecule has 0 saturated carbocycles. The summed E-state index contributed by atoms with van der Waals surface area (Å²) in [6, 6.07) is 0. The van der Waals surface area contributed by atoms with E-state index in [2.05, 4.69) is 180 Å². The lowest BCUT2D eigenvalue weighted by Gasteiger charge is -2.21. The van der Waals surface area contributed by atoms with E-state index in [1.807, 2.05) is 30.4 Å². The lowest BCUT2D eigenvalue weighted by Crippen LogP contribution is -2.30. The van der Waals surface area contributed by atoms with Gasteiger partial charge in [0, 0.05) is 19.3 Å². The summed E-state index contributed by atoms with van der Waals surface area (Å²) in [5.74, 6) is -2.51. The molecule has 19 heteroatoms. The standard InChI is InChI=1S/C81H126O17P2/c1-5-9-13-17-21-25-29-32-35-36-37-38-41-43-47-50-54-58-62-66-79(84)92-72-77(98-81(86)68-64-60-56-52-48-44-40-34-31-27-23-19-15-11-7-3)74-96-100(89,90)94-70-75(82)69-93-99(87,88)95-73-76(97-80(85)67-63-59-55-51-45-28-24-20-16-12-8-4)71-91-78(83)65-61-57-53-49-46-42-39-33-30-26-22-18-14-10-6-2/h9-11,13-15,20-27,32-35,37-40,43,46-49,52,54,58,60,64,75-77,82H,5-8,12,16-19,28-31,36,41-42,44-45,50-51,53,55-57,59,61-63,65-74H2,1-4H3,(H,87,88)(H,89,90)/b13-9-,14-10-,15-11-,24-20-,25-21-,26-22-,27-23-,35-32-,38-37-,39-33-,40-34-,47-43-,49-46-,52-48-,58-54-,64-60-. The summed E-state index contributed by atoms with van der Waals surface area (Å²) in [5.41, 5.74) is 0. The van der Waals surface area contributed by atoms with Crippen LogP contribution < -0.4 is 0 Å². The number of carbonyl (C=O) groups excluding carboxylic acids is 4. The monoisotopic (exact) mass is 1430 g/mol. The molecule has 0 aliphatic carbocycles. The van der Waals surface area contributed by atoms with Gasteiger partial charge in [0.2, 0.25) is 0 Å². The minimum absolute atomic E-state index is 0.00764. The highest BCUT2D eigenvalue weighted by molar-refractivity contribution is 7.47. The predicted octanol–water partition coefficient (Wildman–Crippen LogP) is 21.0. The molecule has 100 heavy (non-hydrogen) atoms.